The maximum Gasteiger partial charge on any atom is 0.177 e. The molecule has 0 bridgehead atoms. The number of nitrogens with one attached hydrogen (secondary N) is 1. The minimum atomic E-state index is -0.451. The molecule has 1 heterocycles. The summed E-state index contributed by atoms with van der Waals surface area (Å²) < 4.78 is 25.1. The number of benzene rings is 1. The molecule has 2 rings (SSSR count). The van der Waals surface area contributed by atoms with Crippen LogP contribution in [-0.2, 0) is 0 Å². The highest BCUT2D eigenvalue weighted by atomic mass is 35.5. The molecule has 0 aliphatic carbocycles. The van der Waals surface area contributed by atoms with Crippen LogP contribution in [0.15, 0.2) is 12.1 Å². The monoisotopic (exact) mass is 301 g/mol. The molecule has 5 heteroatoms. The van der Waals surface area contributed by atoms with Crippen LogP contribution in [0.25, 0.3) is 0 Å². The largest absolute Gasteiger partial charge is 0.495 e. The van der Waals surface area contributed by atoms with Gasteiger partial charge in [-0.1, -0.05) is 25.4 Å². The van der Waals surface area contributed by atoms with Crippen molar-refractivity contribution in [3.05, 3.63) is 23.0 Å². The predicted octanol–water partition coefficient (Wildman–Crippen LogP) is 3.50. The molecule has 0 unspecified atom stereocenters. The number of rotatable bonds is 5. The fraction of sp³-hybridized carbons (Fsp3) is 0.600. The van der Waals surface area contributed by atoms with Gasteiger partial charge in [-0.3, -0.25) is 0 Å². The molecule has 1 aliphatic rings. The number of hydrogen-bond acceptors (Lipinski definition) is 3. The fourth-order valence-corrected chi connectivity index (χ4v) is 2.93. The molecule has 0 amide bonds. The molecule has 1 aliphatic heterocycles. The maximum absolute atomic E-state index is 14.0. The van der Waals surface area contributed by atoms with Gasteiger partial charge in [-0.2, -0.15) is 0 Å². The van der Waals surface area contributed by atoms with Crippen LogP contribution in [0.2, 0.25) is 5.02 Å². The van der Waals surface area contributed by atoms with Crippen molar-refractivity contribution in [2.24, 2.45) is 11.8 Å². The summed E-state index contributed by atoms with van der Waals surface area (Å²) in [5.41, 5.74) is 0. The van der Waals surface area contributed by atoms with Crippen LogP contribution in [-0.4, -0.2) is 26.3 Å². The Morgan fingerprint density at radius 1 is 1.40 bits per heavy atom. The van der Waals surface area contributed by atoms with E-state index >= 15 is 0 Å². The highest BCUT2D eigenvalue weighted by Crippen LogP contribution is 2.38. The molecular weight excluding hydrogens is 281 g/mol. The van der Waals surface area contributed by atoms with Gasteiger partial charge in [0.15, 0.2) is 11.6 Å². The zero-order valence-electron chi connectivity index (χ0n) is 12.1. The van der Waals surface area contributed by atoms with E-state index in [0.29, 0.717) is 11.7 Å². The predicted molar refractivity (Wildman–Crippen MR) is 78.2 cm³/mol. The highest BCUT2D eigenvalue weighted by Gasteiger charge is 2.30. The zero-order chi connectivity index (χ0) is 14.7. The fourth-order valence-electron chi connectivity index (χ4n) is 2.65. The van der Waals surface area contributed by atoms with Gasteiger partial charge in [0.2, 0.25) is 0 Å². The second-order valence-electron chi connectivity index (χ2n) is 5.47. The maximum atomic E-state index is 14.0. The minimum absolute atomic E-state index is 0.0656. The minimum Gasteiger partial charge on any atom is -0.495 e. The van der Waals surface area contributed by atoms with Crippen molar-refractivity contribution in [1.29, 1.82) is 0 Å². The first-order chi connectivity index (χ1) is 9.54. The van der Waals surface area contributed by atoms with Gasteiger partial charge in [-0.15, -0.1) is 0 Å². The molecule has 0 saturated carbocycles. The Labute approximate surface area is 124 Å². The Bertz CT molecular complexity index is 461. The van der Waals surface area contributed by atoms with Crippen LogP contribution in [0.4, 0.5) is 4.39 Å². The van der Waals surface area contributed by atoms with Crippen LogP contribution in [0.1, 0.15) is 20.3 Å². The quantitative estimate of drug-likeness (QED) is 0.903. The summed E-state index contributed by atoms with van der Waals surface area (Å²) in [4.78, 5) is 0. The molecule has 20 heavy (non-hydrogen) atoms. The third-order valence-corrected chi connectivity index (χ3v) is 4.07. The van der Waals surface area contributed by atoms with Crippen molar-refractivity contribution in [1.82, 2.24) is 5.32 Å². The second-order valence-corrected chi connectivity index (χ2v) is 5.85. The van der Waals surface area contributed by atoms with E-state index in [4.69, 9.17) is 21.1 Å². The van der Waals surface area contributed by atoms with E-state index in [-0.39, 0.29) is 22.8 Å². The van der Waals surface area contributed by atoms with Gasteiger partial charge in [0, 0.05) is 12.5 Å². The molecule has 2 atom stereocenters. The molecule has 0 radical (unpaired) electrons. The summed E-state index contributed by atoms with van der Waals surface area (Å²) in [6.07, 6.45) is 0.968. The highest BCUT2D eigenvalue weighted by molar-refractivity contribution is 6.33. The normalized spacial score (nSPS) is 20.2. The number of ether oxygens (including phenoxy) is 2. The Morgan fingerprint density at radius 3 is 2.70 bits per heavy atom. The first-order valence-corrected chi connectivity index (χ1v) is 7.31. The average Bonchev–Trinajstić information content (AvgIpc) is 2.92. The Hall–Kier alpha value is -1.00. The van der Waals surface area contributed by atoms with E-state index in [2.05, 4.69) is 19.2 Å². The molecule has 0 spiro atoms. The van der Waals surface area contributed by atoms with Crippen LogP contribution < -0.4 is 14.8 Å². The Balaban J connectivity index is 2.26. The number of hydrogen-bond donors (Lipinski definition) is 1. The topological polar surface area (TPSA) is 30.5 Å². The molecule has 3 nitrogen and oxygen atoms in total. The molecule has 1 aromatic rings. The summed E-state index contributed by atoms with van der Waals surface area (Å²) in [5.74, 6) is 0.720. The summed E-state index contributed by atoms with van der Waals surface area (Å²) in [7, 11) is 1.50. The smallest absolute Gasteiger partial charge is 0.177 e. The SMILES string of the molecule is COc1ccc(F)c(O[C@H](C(C)C)[C@@H]2CCNC2)c1Cl. The number of halogens is 2. The summed E-state index contributed by atoms with van der Waals surface area (Å²) in [6.45, 7) is 6.03. The third-order valence-electron chi connectivity index (χ3n) is 3.71. The standard InChI is InChI=1S/C15H21ClFNO2/c1-9(2)14(10-6-7-18-8-10)20-15-11(17)4-5-12(19-3)13(15)16/h4-5,9-10,14,18H,6-8H2,1-3H3/t10-,14-/m1/s1. The lowest BCUT2D eigenvalue weighted by atomic mass is 9.92. The third kappa shape index (κ3) is 3.18. The van der Waals surface area contributed by atoms with Gasteiger partial charge >= 0.3 is 0 Å². The van der Waals surface area contributed by atoms with E-state index in [1.165, 1.54) is 19.2 Å². The van der Waals surface area contributed by atoms with Gasteiger partial charge in [0.25, 0.3) is 0 Å². The van der Waals surface area contributed by atoms with Crippen LogP contribution in [0, 0.1) is 17.7 Å². The average molecular weight is 302 g/mol. The van der Waals surface area contributed by atoms with Crippen molar-refractivity contribution in [3.63, 3.8) is 0 Å². The second kappa shape index (κ2) is 6.64. The molecule has 112 valence electrons. The van der Waals surface area contributed by atoms with Crippen molar-refractivity contribution < 1.29 is 13.9 Å². The van der Waals surface area contributed by atoms with E-state index in [1.807, 2.05) is 0 Å². The van der Waals surface area contributed by atoms with Crippen LogP contribution in [0.5, 0.6) is 11.5 Å². The van der Waals surface area contributed by atoms with E-state index in [9.17, 15) is 4.39 Å². The molecule has 1 N–H and O–H groups in total. The van der Waals surface area contributed by atoms with Crippen molar-refractivity contribution in [2.45, 2.75) is 26.4 Å². The summed E-state index contributed by atoms with van der Waals surface area (Å²) in [5, 5.41) is 3.51. The molecule has 1 fully saturated rings. The number of methoxy groups -OCH3 is 1. The van der Waals surface area contributed by atoms with Crippen molar-refractivity contribution in [3.8, 4) is 11.5 Å². The van der Waals surface area contributed by atoms with E-state index in [0.717, 1.165) is 19.5 Å². The van der Waals surface area contributed by atoms with Gasteiger partial charge in [0.05, 0.1) is 7.11 Å². The zero-order valence-corrected chi connectivity index (χ0v) is 12.8. The summed E-state index contributed by atoms with van der Waals surface area (Å²) in [6, 6.07) is 2.83. The van der Waals surface area contributed by atoms with E-state index < -0.39 is 5.82 Å². The molecule has 1 saturated heterocycles. The first kappa shape index (κ1) is 15.4. The lowest BCUT2D eigenvalue weighted by Gasteiger charge is -2.28. The van der Waals surface area contributed by atoms with Crippen molar-refractivity contribution in [2.75, 3.05) is 20.2 Å². The lowest BCUT2D eigenvalue weighted by molar-refractivity contribution is 0.0925. The Morgan fingerprint density at radius 2 is 2.15 bits per heavy atom. The molecular formula is C15H21ClFNO2. The molecule has 1 aromatic carbocycles. The van der Waals surface area contributed by atoms with Gasteiger partial charge < -0.3 is 14.8 Å². The lowest BCUT2D eigenvalue weighted by Crippen LogP contribution is -2.34. The van der Waals surface area contributed by atoms with Gasteiger partial charge in [-0.05, 0) is 31.0 Å². The Kier molecular flexibility index (Phi) is 5.11. The summed E-state index contributed by atoms with van der Waals surface area (Å²) >= 11 is 6.16. The molecule has 0 aromatic heterocycles. The first-order valence-electron chi connectivity index (χ1n) is 6.94. The van der Waals surface area contributed by atoms with Crippen LogP contribution in [0.3, 0.4) is 0 Å². The van der Waals surface area contributed by atoms with Crippen LogP contribution >= 0.6 is 11.6 Å². The van der Waals surface area contributed by atoms with Gasteiger partial charge in [0.1, 0.15) is 16.9 Å². The van der Waals surface area contributed by atoms with E-state index in [1.54, 1.807) is 0 Å². The van der Waals surface area contributed by atoms with Gasteiger partial charge in [-0.25, -0.2) is 4.39 Å². The van der Waals surface area contributed by atoms with Crippen molar-refractivity contribution >= 4 is 11.6 Å².